The maximum absolute atomic E-state index is 11.6. The van der Waals surface area contributed by atoms with Crippen LogP contribution in [-0.4, -0.2) is 54.7 Å². The first-order valence-electron chi connectivity index (χ1n) is 10.2. The number of rotatable bonds is 6. The van der Waals surface area contributed by atoms with Crippen LogP contribution in [0.1, 0.15) is 54.4 Å². The van der Waals surface area contributed by atoms with Gasteiger partial charge in [0.2, 0.25) is 0 Å². The van der Waals surface area contributed by atoms with Crippen LogP contribution in [0.25, 0.3) is 0 Å². The van der Waals surface area contributed by atoms with E-state index >= 15 is 0 Å². The van der Waals surface area contributed by atoms with Crippen molar-refractivity contribution in [1.29, 1.82) is 0 Å². The number of hydrogen-bond acceptors (Lipinski definition) is 4. The molecule has 0 radical (unpaired) electrons. The fraction of sp³-hybridized carbons (Fsp3) is 0.650. The molecular weight excluding hydrogens is 342 g/mol. The number of likely N-dealkylation sites (tertiary alicyclic amines) is 1. The first-order chi connectivity index (χ1) is 13.2. The maximum Gasteiger partial charge on any atom is 0.356 e. The smallest absolute Gasteiger partial charge is 0.356 e. The van der Waals surface area contributed by atoms with Crippen LogP contribution >= 0.6 is 0 Å². The van der Waals surface area contributed by atoms with Crippen molar-refractivity contribution in [3.05, 3.63) is 35.4 Å². The molecule has 7 heteroatoms. The van der Waals surface area contributed by atoms with Crippen LogP contribution < -0.4 is 0 Å². The highest BCUT2D eigenvalue weighted by Crippen LogP contribution is 2.30. The fourth-order valence-corrected chi connectivity index (χ4v) is 4.77. The van der Waals surface area contributed by atoms with Gasteiger partial charge < -0.3 is 10.0 Å². The normalized spacial score (nSPS) is 21.3. The largest absolute Gasteiger partial charge is 0.476 e. The van der Waals surface area contributed by atoms with Gasteiger partial charge in [0.05, 0.1) is 0 Å². The zero-order valence-corrected chi connectivity index (χ0v) is 16.0. The summed E-state index contributed by atoms with van der Waals surface area (Å²) < 4.78 is 3.91. The Balaban J connectivity index is 1.35. The molecule has 0 spiro atoms. The Morgan fingerprint density at radius 2 is 2.11 bits per heavy atom. The second-order valence-electron chi connectivity index (χ2n) is 7.83. The molecule has 7 nitrogen and oxygen atoms in total. The quantitative estimate of drug-likeness (QED) is 0.844. The number of aryl methyl sites for hydroxylation is 2. The zero-order valence-electron chi connectivity index (χ0n) is 16.0. The van der Waals surface area contributed by atoms with Crippen LogP contribution in [0.4, 0.5) is 0 Å². The van der Waals surface area contributed by atoms with E-state index in [1.807, 2.05) is 34.7 Å². The molecule has 1 fully saturated rings. The summed E-state index contributed by atoms with van der Waals surface area (Å²) in [4.78, 5) is 14.2. The van der Waals surface area contributed by atoms with Crippen molar-refractivity contribution in [1.82, 2.24) is 24.5 Å². The van der Waals surface area contributed by atoms with Gasteiger partial charge in [-0.2, -0.15) is 10.2 Å². The molecule has 4 rings (SSSR count). The minimum atomic E-state index is -0.892. The lowest BCUT2D eigenvalue weighted by atomic mass is 9.87. The predicted molar refractivity (Wildman–Crippen MR) is 102 cm³/mol. The summed E-state index contributed by atoms with van der Waals surface area (Å²) in [5.74, 6) is -0.126. The molecule has 1 unspecified atom stereocenters. The summed E-state index contributed by atoms with van der Waals surface area (Å²) in [6.45, 7) is 6.01. The highest BCUT2D eigenvalue weighted by atomic mass is 16.4. The van der Waals surface area contributed by atoms with Crippen molar-refractivity contribution in [3.63, 3.8) is 0 Å². The average molecular weight is 371 g/mol. The van der Waals surface area contributed by atoms with Crippen LogP contribution in [0.3, 0.4) is 0 Å². The van der Waals surface area contributed by atoms with E-state index < -0.39 is 5.97 Å². The Morgan fingerprint density at radius 3 is 2.78 bits per heavy atom. The average Bonchev–Trinajstić information content (AvgIpc) is 3.34. The fourth-order valence-electron chi connectivity index (χ4n) is 4.77. The van der Waals surface area contributed by atoms with Crippen molar-refractivity contribution >= 4 is 5.97 Å². The van der Waals surface area contributed by atoms with Gasteiger partial charge in [-0.25, -0.2) is 4.79 Å². The number of piperidine rings is 1. The number of nitrogens with zero attached hydrogens (tertiary/aromatic N) is 5. The van der Waals surface area contributed by atoms with Gasteiger partial charge >= 0.3 is 5.97 Å². The molecule has 1 saturated heterocycles. The number of carbonyl (C=O) groups is 1. The monoisotopic (exact) mass is 371 g/mol. The Hall–Kier alpha value is -2.15. The van der Waals surface area contributed by atoms with Crippen molar-refractivity contribution in [2.75, 3.05) is 13.1 Å². The van der Waals surface area contributed by atoms with E-state index in [-0.39, 0.29) is 5.69 Å². The molecule has 0 amide bonds. The first-order valence-corrected chi connectivity index (χ1v) is 10.2. The number of hydrogen-bond donors (Lipinski definition) is 1. The molecule has 1 atom stereocenters. The molecule has 1 aliphatic carbocycles. The van der Waals surface area contributed by atoms with E-state index in [0.717, 1.165) is 62.6 Å². The Morgan fingerprint density at radius 1 is 1.30 bits per heavy atom. The number of aromatic nitrogens is 4. The van der Waals surface area contributed by atoms with Gasteiger partial charge in [0, 0.05) is 42.8 Å². The summed E-state index contributed by atoms with van der Waals surface area (Å²) in [6, 6.07) is 2.43. The van der Waals surface area contributed by atoms with Gasteiger partial charge in [-0.05, 0) is 70.5 Å². The lowest BCUT2D eigenvalue weighted by Gasteiger charge is -2.39. The van der Waals surface area contributed by atoms with Crippen LogP contribution in [0.5, 0.6) is 0 Å². The van der Waals surface area contributed by atoms with Crippen molar-refractivity contribution in [3.8, 4) is 0 Å². The lowest BCUT2D eigenvalue weighted by molar-refractivity contribution is 0.0686. The number of aromatic carboxylic acids is 1. The SMILES string of the molecule is CCn1nc(C(=O)O)c2c1CCC(N1CCC(CCn3cccn3)CC1)C2. The molecule has 1 aliphatic heterocycles. The molecule has 146 valence electrons. The van der Waals surface area contributed by atoms with Crippen LogP contribution in [-0.2, 0) is 25.9 Å². The summed E-state index contributed by atoms with van der Waals surface area (Å²) in [5.41, 5.74) is 2.38. The number of fused-ring (bicyclic) bond motifs is 1. The molecule has 0 saturated carbocycles. The third kappa shape index (κ3) is 3.78. The van der Waals surface area contributed by atoms with Crippen LogP contribution in [0.2, 0.25) is 0 Å². The predicted octanol–water partition coefficient (Wildman–Crippen LogP) is 2.46. The van der Waals surface area contributed by atoms with Gasteiger partial charge in [-0.15, -0.1) is 0 Å². The van der Waals surface area contributed by atoms with E-state index in [0.29, 0.717) is 6.04 Å². The molecule has 0 bridgehead atoms. The Bertz CT molecular complexity index is 775. The van der Waals surface area contributed by atoms with Gasteiger partial charge in [0.15, 0.2) is 5.69 Å². The third-order valence-corrected chi connectivity index (χ3v) is 6.31. The molecule has 1 N–H and O–H groups in total. The van der Waals surface area contributed by atoms with Crippen LogP contribution in [0.15, 0.2) is 18.5 Å². The highest BCUT2D eigenvalue weighted by molar-refractivity contribution is 5.87. The molecule has 3 heterocycles. The molecule has 0 aromatic carbocycles. The minimum absolute atomic E-state index is 0.269. The zero-order chi connectivity index (χ0) is 18.8. The standard InChI is InChI=1S/C20H29N5O2/c1-2-25-18-5-4-16(14-17(18)19(22-25)20(26)27)23-11-6-15(7-12-23)8-13-24-10-3-9-21-24/h3,9-10,15-16H,2,4-8,11-14H2,1H3,(H,26,27). The van der Waals surface area contributed by atoms with E-state index in [4.69, 9.17) is 0 Å². The van der Waals surface area contributed by atoms with E-state index in [1.165, 1.54) is 19.3 Å². The van der Waals surface area contributed by atoms with Crippen molar-refractivity contribution in [2.24, 2.45) is 5.92 Å². The van der Waals surface area contributed by atoms with Gasteiger partial charge in [-0.3, -0.25) is 9.36 Å². The summed E-state index contributed by atoms with van der Waals surface area (Å²) in [5, 5.41) is 18.2. The Labute approximate surface area is 160 Å². The van der Waals surface area contributed by atoms with E-state index in [2.05, 4.69) is 15.1 Å². The lowest BCUT2D eigenvalue weighted by Crippen LogP contribution is -2.44. The third-order valence-electron chi connectivity index (χ3n) is 6.31. The van der Waals surface area contributed by atoms with Crippen molar-refractivity contribution in [2.45, 2.75) is 64.6 Å². The van der Waals surface area contributed by atoms with Crippen LogP contribution in [0, 0.1) is 5.92 Å². The van der Waals surface area contributed by atoms with E-state index in [1.54, 1.807) is 0 Å². The van der Waals surface area contributed by atoms with Crippen molar-refractivity contribution < 1.29 is 9.90 Å². The second-order valence-corrected chi connectivity index (χ2v) is 7.83. The summed E-state index contributed by atoms with van der Waals surface area (Å²) >= 11 is 0. The molecule has 2 aromatic heterocycles. The van der Waals surface area contributed by atoms with E-state index in [9.17, 15) is 9.90 Å². The molecule has 27 heavy (non-hydrogen) atoms. The topological polar surface area (TPSA) is 76.2 Å². The molecule has 2 aromatic rings. The molecular formula is C20H29N5O2. The van der Waals surface area contributed by atoms with Gasteiger partial charge in [0.1, 0.15) is 0 Å². The summed E-state index contributed by atoms with van der Waals surface area (Å²) in [6.07, 6.45) is 10.4. The second kappa shape index (κ2) is 7.84. The minimum Gasteiger partial charge on any atom is -0.476 e. The maximum atomic E-state index is 11.6. The van der Waals surface area contributed by atoms with Gasteiger partial charge in [-0.1, -0.05) is 0 Å². The number of carboxylic acid groups (broad SMARTS) is 1. The summed E-state index contributed by atoms with van der Waals surface area (Å²) in [7, 11) is 0. The van der Waals surface area contributed by atoms with Gasteiger partial charge in [0.25, 0.3) is 0 Å². The first kappa shape index (κ1) is 18.2. The number of carboxylic acids is 1. The molecule has 2 aliphatic rings. The highest BCUT2D eigenvalue weighted by Gasteiger charge is 2.33. The Kier molecular flexibility index (Phi) is 5.29.